The van der Waals surface area contributed by atoms with Crippen LogP contribution in [0.4, 0.5) is 13.2 Å². The zero-order valence-corrected chi connectivity index (χ0v) is 12.7. The first-order valence-corrected chi connectivity index (χ1v) is 7.07. The van der Waals surface area contributed by atoms with Gasteiger partial charge in [0, 0.05) is 31.2 Å². The highest BCUT2D eigenvalue weighted by Crippen LogP contribution is 2.33. The normalized spacial score (nSPS) is 19.8. The van der Waals surface area contributed by atoms with Crippen LogP contribution in [-0.2, 0) is 12.7 Å². The van der Waals surface area contributed by atoms with Gasteiger partial charge in [-0.15, -0.1) is 0 Å². The van der Waals surface area contributed by atoms with Gasteiger partial charge in [-0.2, -0.15) is 13.2 Å². The first-order valence-electron chi connectivity index (χ1n) is 7.07. The Bertz CT molecular complexity index is 557. The van der Waals surface area contributed by atoms with Gasteiger partial charge in [0.15, 0.2) is 0 Å². The summed E-state index contributed by atoms with van der Waals surface area (Å²) in [5, 5.41) is 0. The number of primary amides is 1. The molecule has 0 radical (unpaired) electrons. The van der Waals surface area contributed by atoms with Gasteiger partial charge in [-0.05, 0) is 38.2 Å². The number of carbonyl (C=O) groups excluding carboxylic acids is 1. The van der Waals surface area contributed by atoms with Crippen molar-refractivity contribution < 1.29 is 18.0 Å². The van der Waals surface area contributed by atoms with Crippen LogP contribution in [0.5, 0.6) is 0 Å². The van der Waals surface area contributed by atoms with E-state index in [1.54, 1.807) is 0 Å². The van der Waals surface area contributed by atoms with E-state index in [0.717, 1.165) is 25.6 Å². The number of hydrogen-bond donors (Lipinski definition) is 1. The molecule has 1 atom stereocenters. The van der Waals surface area contributed by atoms with Gasteiger partial charge in [0.1, 0.15) is 0 Å². The van der Waals surface area contributed by atoms with E-state index in [2.05, 4.69) is 4.90 Å². The Hall–Kier alpha value is -1.60. The standard InChI is InChI=1S/C15H20F3N3O/c1-20(2)12-5-6-21(9-12)8-11-4-3-10(14(19)22)7-13(11)15(16,17)18/h3-4,7,12H,5-6,8-9H2,1-2H3,(H2,19,22). The van der Waals surface area contributed by atoms with Gasteiger partial charge in [-0.25, -0.2) is 0 Å². The third-order valence-corrected chi connectivity index (χ3v) is 4.07. The summed E-state index contributed by atoms with van der Waals surface area (Å²) in [6.45, 7) is 1.72. The third-order valence-electron chi connectivity index (χ3n) is 4.07. The highest BCUT2D eigenvalue weighted by Gasteiger charge is 2.35. The molecule has 4 nitrogen and oxygen atoms in total. The lowest BCUT2D eigenvalue weighted by Gasteiger charge is -2.22. The van der Waals surface area contributed by atoms with Crippen molar-refractivity contribution in [1.82, 2.24) is 9.80 Å². The number of likely N-dealkylation sites (tertiary alicyclic amines) is 1. The molecular weight excluding hydrogens is 295 g/mol. The van der Waals surface area contributed by atoms with E-state index < -0.39 is 17.6 Å². The summed E-state index contributed by atoms with van der Waals surface area (Å²) in [6, 6.07) is 3.91. The molecule has 0 bridgehead atoms. The fraction of sp³-hybridized carbons (Fsp3) is 0.533. The Morgan fingerprint density at radius 3 is 2.59 bits per heavy atom. The summed E-state index contributed by atoms with van der Waals surface area (Å²) in [5.41, 5.74) is 4.34. The van der Waals surface area contributed by atoms with E-state index in [0.29, 0.717) is 6.04 Å². The fourth-order valence-corrected chi connectivity index (χ4v) is 2.75. The smallest absolute Gasteiger partial charge is 0.366 e. The number of hydrogen-bond acceptors (Lipinski definition) is 3. The van der Waals surface area contributed by atoms with Gasteiger partial charge >= 0.3 is 6.18 Å². The van der Waals surface area contributed by atoms with E-state index >= 15 is 0 Å². The molecular formula is C15H20F3N3O. The van der Waals surface area contributed by atoms with Crippen molar-refractivity contribution in [2.45, 2.75) is 25.2 Å². The molecule has 0 saturated carbocycles. The number of benzene rings is 1. The second kappa shape index (κ2) is 6.26. The maximum absolute atomic E-state index is 13.2. The maximum atomic E-state index is 13.2. The molecule has 1 aliphatic heterocycles. The molecule has 1 aromatic carbocycles. The van der Waals surface area contributed by atoms with Crippen LogP contribution in [-0.4, -0.2) is 48.9 Å². The zero-order valence-electron chi connectivity index (χ0n) is 12.7. The molecule has 7 heteroatoms. The van der Waals surface area contributed by atoms with Crippen molar-refractivity contribution in [2.75, 3.05) is 27.2 Å². The quantitative estimate of drug-likeness (QED) is 0.924. The van der Waals surface area contributed by atoms with Crippen LogP contribution in [0.25, 0.3) is 0 Å². The average Bonchev–Trinajstić information content (AvgIpc) is 2.86. The first-order chi connectivity index (χ1) is 10.2. The third kappa shape index (κ3) is 3.78. The second-order valence-corrected chi connectivity index (χ2v) is 5.88. The largest absolute Gasteiger partial charge is 0.416 e. The Labute approximate surface area is 127 Å². The van der Waals surface area contributed by atoms with E-state index in [-0.39, 0.29) is 17.7 Å². The van der Waals surface area contributed by atoms with Crippen LogP contribution in [0.15, 0.2) is 18.2 Å². The van der Waals surface area contributed by atoms with Crippen molar-refractivity contribution in [3.63, 3.8) is 0 Å². The van der Waals surface area contributed by atoms with Crippen LogP contribution in [0, 0.1) is 0 Å². The highest BCUT2D eigenvalue weighted by molar-refractivity contribution is 5.93. The molecule has 1 fully saturated rings. The summed E-state index contributed by atoms with van der Waals surface area (Å²) in [4.78, 5) is 15.2. The van der Waals surface area contributed by atoms with Gasteiger partial charge in [-0.1, -0.05) is 6.07 Å². The maximum Gasteiger partial charge on any atom is 0.416 e. The van der Waals surface area contributed by atoms with Crippen molar-refractivity contribution in [3.8, 4) is 0 Å². The zero-order chi connectivity index (χ0) is 16.5. The van der Waals surface area contributed by atoms with Gasteiger partial charge in [0.05, 0.1) is 5.56 Å². The SMILES string of the molecule is CN(C)C1CCN(Cc2ccc(C(N)=O)cc2C(F)(F)F)C1. The molecule has 0 aromatic heterocycles. The minimum absolute atomic E-state index is 0.122. The number of halogens is 3. The number of nitrogens with zero attached hydrogens (tertiary/aromatic N) is 2. The van der Waals surface area contributed by atoms with Gasteiger partial charge < -0.3 is 10.6 Å². The van der Waals surface area contributed by atoms with Crippen LogP contribution < -0.4 is 5.73 Å². The topological polar surface area (TPSA) is 49.6 Å². The molecule has 2 N–H and O–H groups in total. The van der Waals surface area contributed by atoms with Gasteiger partial charge in [-0.3, -0.25) is 9.69 Å². The number of nitrogens with two attached hydrogens (primary N) is 1. The van der Waals surface area contributed by atoms with Crippen molar-refractivity contribution in [3.05, 3.63) is 34.9 Å². The molecule has 2 rings (SSSR count). The summed E-state index contributed by atoms with van der Waals surface area (Å²) in [6.07, 6.45) is -3.56. The minimum atomic E-state index is -4.50. The van der Waals surface area contributed by atoms with Crippen molar-refractivity contribution in [1.29, 1.82) is 0 Å². The van der Waals surface area contributed by atoms with Crippen LogP contribution in [0.3, 0.4) is 0 Å². The summed E-state index contributed by atoms with van der Waals surface area (Å²) in [7, 11) is 3.94. The lowest BCUT2D eigenvalue weighted by molar-refractivity contribution is -0.138. The van der Waals surface area contributed by atoms with Crippen molar-refractivity contribution >= 4 is 5.91 Å². The van der Waals surface area contributed by atoms with Gasteiger partial charge in [0.25, 0.3) is 0 Å². The molecule has 122 valence electrons. The summed E-state index contributed by atoms with van der Waals surface area (Å²) >= 11 is 0. The molecule has 1 unspecified atom stereocenters. The first kappa shape index (κ1) is 16.8. The number of likely N-dealkylation sites (N-methyl/N-ethyl adjacent to an activating group) is 1. The molecule has 1 aromatic rings. The number of rotatable bonds is 4. The molecule has 1 heterocycles. The fourth-order valence-electron chi connectivity index (χ4n) is 2.75. The lowest BCUT2D eigenvalue weighted by atomic mass is 10.0. The lowest BCUT2D eigenvalue weighted by Crippen LogP contribution is -2.31. The second-order valence-electron chi connectivity index (χ2n) is 5.88. The van der Waals surface area contributed by atoms with Crippen LogP contribution in [0.2, 0.25) is 0 Å². The Balaban J connectivity index is 2.22. The van der Waals surface area contributed by atoms with Crippen LogP contribution in [0.1, 0.15) is 27.9 Å². The van der Waals surface area contributed by atoms with Gasteiger partial charge in [0.2, 0.25) is 5.91 Å². The summed E-state index contributed by atoms with van der Waals surface area (Å²) in [5.74, 6) is -0.856. The van der Waals surface area contributed by atoms with E-state index in [4.69, 9.17) is 5.73 Å². The number of alkyl halides is 3. The number of amides is 1. The Morgan fingerprint density at radius 2 is 2.09 bits per heavy atom. The average molecular weight is 315 g/mol. The van der Waals surface area contributed by atoms with E-state index in [1.807, 2.05) is 19.0 Å². The summed E-state index contributed by atoms with van der Waals surface area (Å²) < 4.78 is 39.6. The molecule has 22 heavy (non-hydrogen) atoms. The Kier molecular flexibility index (Phi) is 4.77. The predicted molar refractivity (Wildman–Crippen MR) is 77.3 cm³/mol. The predicted octanol–water partition coefficient (Wildman–Crippen LogP) is 1.94. The minimum Gasteiger partial charge on any atom is -0.366 e. The molecule has 0 spiro atoms. The molecule has 1 saturated heterocycles. The molecule has 1 amide bonds. The van der Waals surface area contributed by atoms with E-state index in [1.165, 1.54) is 12.1 Å². The highest BCUT2D eigenvalue weighted by atomic mass is 19.4. The van der Waals surface area contributed by atoms with Crippen molar-refractivity contribution in [2.24, 2.45) is 5.73 Å². The molecule has 0 aliphatic carbocycles. The van der Waals surface area contributed by atoms with E-state index in [9.17, 15) is 18.0 Å². The number of carbonyl (C=O) groups is 1. The monoisotopic (exact) mass is 315 g/mol. The molecule has 1 aliphatic rings. The van der Waals surface area contributed by atoms with Crippen LogP contribution >= 0.6 is 0 Å². The Morgan fingerprint density at radius 1 is 1.41 bits per heavy atom.